The standard InChI is InChI=1S/C31H39N5O2.C4H10.CH3F.CH4O/c1-4-6-9-23(31(38)36-18-16-35(17-19-36)21(3)37)13-12-22(5-2)30-25-11-8-7-10-24(25)29-26(20-32)27(33)14-15-28(29)34-30;1-3-4-2;2*1-2/h5,9,12-15,20,32H,4,6-8,10-11,16-19,33H2,1-3H3;3-4H2,1-2H3;1H3;2H,1H3/b13-12-,22-5+,23-9-,32-20?;;;. The quantitative estimate of drug-likeness (QED) is 0.124. The van der Waals surface area contributed by atoms with Crippen LogP contribution < -0.4 is 5.73 Å². The Morgan fingerprint density at radius 2 is 1.54 bits per heavy atom. The van der Waals surface area contributed by atoms with E-state index in [9.17, 15) is 14.0 Å². The molecule has 0 saturated carbocycles. The van der Waals surface area contributed by atoms with Gasteiger partial charge in [0.15, 0.2) is 0 Å². The van der Waals surface area contributed by atoms with Gasteiger partial charge in [-0.1, -0.05) is 58.3 Å². The van der Waals surface area contributed by atoms with Crippen LogP contribution in [-0.2, 0) is 22.4 Å². The van der Waals surface area contributed by atoms with Crippen molar-refractivity contribution in [3.05, 3.63) is 64.4 Å². The lowest BCUT2D eigenvalue weighted by Gasteiger charge is -2.34. The maximum atomic E-state index is 13.5. The minimum absolute atomic E-state index is 0.00737. The van der Waals surface area contributed by atoms with Gasteiger partial charge in [0.25, 0.3) is 5.91 Å². The fourth-order valence-electron chi connectivity index (χ4n) is 5.48. The number of anilines is 1. The number of aromatic nitrogens is 1. The zero-order valence-corrected chi connectivity index (χ0v) is 29.1. The van der Waals surface area contributed by atoms with Crippen LogP contribution in [0.15, 0.2) is 42.0 Å². The summed E-state index contributed by atoms with van der Waals surface area (Å²) in [6, 6.07) is 3.78. The number of aryl methyl sites for hydroxylation is 1. The molecule has 2 amide bonds. The number of alkyl halides is 1. The molecule has 0 spiro atoms. The molecule has 4 rings (SSSR count). The van der Waals surface area contributed by atoms with Crippen LogP contribution in [0.1, 0.15) is 95.5 Å². The van der Waals surface area contributed by atoms with E-state index < -0.39 is 0 Å². The summed E-state index contributed by atoms with van der Waals surface area (Å²) in [4.78, 5) is 33.9. The van der Waals surface area contributed by atoms with Crippen molar-refractivity contribution in [2.24, 2.45) is 0 Å². The number of piperazine rings is 1. The van der Waals surface area contributed by atoms with Gasteiger partial charge >= 0.3 is 0 Å². The number of hydrogen-bond donors (Lipinski definition) is 3. The van der Waals surface area contributed by atoms with Crippen molar-refractivity contribution in [1.82, 2.24) is 14.8 Å². The number of nitrogens with two attached hydrogens (primary N) is 1. The number of aliphatic hydroxyl groups excluding tert-OH is 1. The zero-order valence-electron chi connectivity index (χ0n) is 29.1. The number of fused-ring (bicyclic) bond motifs is 3. The first-order chi connectivity index (χ1) is 22.3. The number of nitrogens with zero attached hydrogens (tertiary/aromatic N) is 3. The van der Waals surface area contributed by atoms with E-state index in [-0.39, 0.29) is 11.8 Å². The zero-order chi connectivity index (χ0) is 34.6. The molecule has 0 unspecified atom stereocenters. The Bertz CT molecular complexity index is 1370. The summed E-state index contributed by atoms with van der Waals surface area (Å²) in [7, 11) is 1.50. The average molecular weight is 638 g/mol. The van der Waals surface area contributed by atoms with E-state index in [1.54, 1.807) is 11.8 Å². The maximum absolute atomic E-state index is 13.5. The lowest BCUT2D eigenvalue weighted by Crippen LogP contribution is -2.50. The molecule has 1 fully saturated rings. The molecule has 0 bridgehead atoms. The lowest BCUT2D eigenvalue weighted by molar-refractivity contribution is -0.136. The molecular formula is C37H56FN5O3. The molecule has 2 heterocycles. The molecule has 2 aliphatic rings. The van der Waals surface area contributed by atoms with Crippen molar-refractivity contribution in [2.75, 3.05) is 46.2 Å². The number of aliphatic hydroxyl groups is 1. The number of carbonyl (C=O) groups excluding carboxylic acids is 2. The monoisotopic (exact) mass is 637 g/mol. The number of rotatable bonds is 8. The highest BCUT2D eigenvalue weighted by molar-refractivity contribution is 6.05. The fourth-order valence-corrected chi connectivity index (χ4v) is 5.48. The Balaban J connectivity index is 0.00000121. The van der Waals surface area contributed by atoms with Gasteiger partial charge in [0.1, 0.15) is 0 Å². The number of nitrogens with one attached hydrogen (secondary N) is 1. The van der Waals surface area contributed by atoms with Gasteiger partial charge in [0, 0.05) is 68.6 Å². The largest absolute Gasteiger partial charge is 0.400 e. The molecule has 8 nitrogen and oxygen atoms in total. The summed E-state index contributed by atoms with van der Waals surface area (Å²) in [5.41, 5.74) is 13.5. The highest BCUT2D eigenvalue weighted by Crippen LogP contribution is 2.36. The number of benzene rings is 1. The van der Waals surface area contributed by atoms with Crippen molar-refractivity contribution in [3.8, 4) is 0 Å². The second-order valence-corrected chi connectivity index (χ2v) is 11.1. The number of unbranched alkanes of at least 4 members (excludes halogenated alkanes) is 2. The van der Waals surface area contributed by atoms with Crippen LogP contribution in [0.25, 0.3) is 16.5 Å². The van der Waals surface area contributed by atoms with E-state index in [1.165, 1.54) is 30.2 Å². The number of nitrogen functional groups attached to an aromatic ring is 1. The van der Waals surface area contributed by atoms with E-state index in [0.717, 1.165) is 73.4 Å². The Morgan fingerprint density at radius 1 is 0.957 bits per heavy atom. The van der Waals surface area contributed by atoms with E-state index >= 15 is 0 Å². The number of amides is 2. The number of carbonyl (C=O) groups is 2. The summed E-state index contributed by atoms with van der Waals surface area (Å²) >= 11 is 0. The predicted octanol–water partition coefficient (Wildman–Crippen LogP) is 7.07. The molecule has 1 aromatic carbocycles. The van der Waals surface area contributed by atoms with Gasteiger partial charge in [-0.25, -0.2) is 4.98 Å². The van der Waals surface area contributed by atoms with E-state index in [4.69, 9.17) is 21.2 Å². The van der Waals surface area contributed by atoms with Gasteiger partial charge in [-0.3, -0.25) is 14.0 Å². The molecule has 0 atom stereocenters. The molecule has 4 N–H and O–H groups in total. The highest BCUT2D eigenvalue weighted by Gasteiger charge is 2.25. The van der Waals surface area contributed by atoms with Gasteiger partial charge in [-0.15, -0.1) is 0 Å². The molecule has 9 heteroatoms. The van der Waals surface area contributed by atoms with Crippen molar-refractivity contribution in [1.29, 1.82) is 5.41 Å². The Labute approximate surface area is 275 Å². The van der Waals surface area contributed by atoms with Gasteiger partial charge in [-0.2, -0.15) is 0 Å². The van der Waals surface area contributed by atoms with Crippen LogP contribution in [0.3, 0.4) is 0 Å². The van der Waals surface area contributed by atoms with Crippen molar-refractivity contribution < 1.29 is 19.1 Å². The Kier molecular flexibility index (Phi) is 19.0. The summed E-state index contributed by atoms with van der Waals surface area (Å²) in [6.07, 6.45) is 17.9. The van der Waals surface area contributed by atoms with Crippen LogP contribution in [0.4, 0.5) is 10.1 Å². The van der Waals surface area contributed by atoms with Gasteiger partial charge in [0.05, 0.1) is 18.4 Å². The second kappa shape index (κ2) is 21.8. The van der Waals surface area contributed by atoms with Gasteiger partial charge < -0.3 is 26.0 Å². The molecule has 2 aromatic rings. The van der Waals surface area contributed by atoms with Gasteiger partial charge in [-0.05, 0) is 73.9 Å². The molecule has 1 aliphatic carbocycles. The van der Waals surface area contributed by atoms with Gasteiger partial charge in [0.2, 0.25) is 5.91 Å². The summed E-state index contributed by atoms with van der Waals surface area (Å²) in [6.45, 7) is 12.3. The molecule has 0 radical (unpaired) electrons. The Hall–Kier alpha value is -3.85. The predicted molar refractivity (Wildman–Crippen MR) is 191 cm³/mol. The number of hydrogen-bond acceptors (Lipinski definition) is 6. The fraction of sp³-hybridized carbons (Fsp3) is 0.514. The topological polar surface area (TPSA) is 124 Å². The van der Waals surface area contributed by atoms with Crippen molar-refractivity contribution in [3.63, 3.8) is 0 Å². The van der Waals surface area contributed by atoms with Crippen LogP contribution in [0, 0.1) is 5.41 Å². The summed E-state index contributed by atoms with van der Waals surface area (Å²) in [5.74, 6) is 0.0612. The van der Waals surface area contributed by atoms with Crippen molar-refractivity contribution >= 4 is 40.2 Å². The van der Waals surface area contributed by atoms with Crippen LogP contribution in [0.2, 0.25) is 0 Å². The lowest BCUT2D eigenvalue weighted by atomic mass is 9.84. The number of pyridine rings is 1. The molecule has 1 aromatic heterocycles. The molecular weight excluding hydrogens is 581 g/mol. The van der Waals surface area contributed by atoms with Crippen molar-refractivity contribution in [2.45, 2.75) is 86.0 Å². The van der Waals surface area contributed by atoms with E-state index in [1.807, 2.05) is 42.2 Å². The minimum Gasteiger partial charge on any atom is -0.400 e. The molecule has 1 saturated heterocycles. The maximum Gasteiger partial charge on any atom is 0.253 e. The SMILES string of the molecule is CCCC.CF.CO.C\C=C(/C=C\C(=C\CCC)C(=O)N1CCN(C(C)=O)CC1)c1nc2ccc(N)c(C=N)c2c2c1CCCC2. The summed E-state index contributed by atoms with van der Waals surface area (Å²) < 4.78 is 9.50. The van der Waals surface area contributed by atoms with Crippen LogP contribution in [0.5, 0.6) is 0 Å². The number of allylic oxidation sites excluding steroid dienone is 4. The van der Waals surface area contributed by atoms with Crippen LogP contribution >= 0.6 is 0 Å². The van der Waals surface area contributed by atoms with E-state index in [2.05, 4.69) is 26.8 Å². The number of halogens is 1. The third kappa shape index (κ3) is 10.6. The van der Waals surface area contributed by atoms with E-state index in [0.29, 0.717) is 44.6 Å². The average Bonchev–Trinajstić information content (AvgIpc) is 3.11. The first kappa shape index (κ1) is 40.2. The van der Waals surface area contributed by atoms with Crippen LogP contribution in [-0.4, -0.2) is 78.4 Å². The first-order valence-corrected chi connectivity index (χ1v) is 16.5. The third-order valence-electron chi connectivity index (χ3n) is 8.13. The molecule has 46 heavy (non-hydrogen) atoms. The highest BCUT2D eigenvalue weighted by atomic mass is 19.1. The first-order valence-electron chi connectivity index (χ1n) is 16.5. The Morgan fingerprint density at radius 3 is 2.07 bits per heavy atom. The molecule has 1 aliphatic heterocycles. The normalized spacial score (nSPS) is 14.7. The third-order valence-corrected chi connectivity index (χ3v) is 8.13. The second-order valence-electron chi connectivity index (χ2n) is 11.1. The smallest absolute Gasteiger partial charge is 0.253 e. The minimum atomic E-state index is 0.00737. The molecule has 254 valence electrons. The summed E-state index contributed by atoms with van der Waals surface area (Å²) in [5, 5.41) is 16.0.